The van der Waals surface area contributed by atoms with Crippen molar-refractivity contribution in [3.8, 4) is 0 Å². The quantitative estimate of drug-likeness (QED) is 0.526. The van der Waals surface area contributed by atoms with Gasteiger partial charge in [0, 0.05) is 0 Å². The van der Waals surface area contributed by atoms with Crippen molar-refractivity contribution in [2.24, 2.45) is 5.73 Å². The van der Waals surface area contributed by atoms with Crippen LogP contribution in [0, 0.1) is 0 Å². The summed E-state index contributed by atoms with van der Waals surface area (Å²) < 4.78 is 0. The van der Waals surface area contributed by atoms with Gasteiger partial charge in [-0.15, -0.1) is 0 Å². The molecule has 0 radical (unpaired) electrons. The molecule has 0 aromatic carbocycles. The molecule has 0 aliphatic heterocycles. The SMILES string of the molecule is CC[C@@H](N)C(=O)N[C@H](C)C(=O)O. The Balaban J connectivity index is 3.92. The summed E-state index contributed by atoms with van der Waals surface area (Å²) in [5.74, 6) is -1.49. The molecule has 0 aromatic heterocycles. The molecule has 5 nitrogen and oxygen atoms in total. The number of nitrogens with two attached hydrogens (primary N) is 1. The first-order valence-corrected chi connectivity index (χ1v) is 3.77. The van der Waals surface area contributed by atoms with Gasteiger partial charge in [0.2, 0.25) is 5.91 Å². The van der Waals surface area contributed by atoms with Crippen molar-refractivity contribution >= 4 is 11.9 Å². The van der Waals surface area contributed by atoms with E-state index in [0.29, 0.717) is 6.42 Å². The lowest BCUT2D eigenvalue weighted by molar-refractivity contribution is -0.141. The molecule has 0 spiro atoms. The standard InChI is InChI=1S/C7H14N2O3/c1-3-5(8)6(10)9-4(2)7(11)12/h4-5H,3,8H2,1-2H3,(H,9,10)(H,11,12)/t4-,5-/m1/s1. The summed E-state index contributed by atoms with van der Waals surface area (Å²) in [6, 6.07) is -1.50. The van der Waals surface area contributed by atoms with Crippen molar-refractivity contribution in [3.63, 3.8) is 0 Å². The second-order valence-electron chi connectivity index (χ2n) is 2.58. The van der Waals surface area contributed by atoms with Crippen LogP contribution in [0.4, 0.5) is 0 Å². The van der Waals surface area contributed by atoms with Crippen molar-refractivity contribution in [2.75, 3.05) is 0 Å². The van der Waals surface area contributed by atoms with Gasteiger partial charge in [-0.3, -0.25) is 9.59 Å². The Morgan fingerprint density at radius 1 is 1.58 bits per heavy atom. The van der Waals surface area contributed by atoms with Crippen molar-refractivity contribution in [1.82, 2.24) is 5.32 Å². The largest absolute Gasteiger partial charge is 0.480 e. The zero-order valence-corrected chi connectivity index (χ0v) is 7.20. The van der Waals surface area contributed by atoms with Gasteiger partial charge in [0.1, 0.15) is 6.04 Å². The Morgan fingerprint density at radius 3 is 2.42 bits per heavy atom. The van der Waals surface area contributed by atoms with Crippen LogP contribution in [0.3, 0.4) is 0 Å². The fourth-order valence-corrected chi connectivity index (χ4v) is 0.568. The van der Waals surface area contributed by atoms with Crippen LogP contribution in [-0.4, -0.2) is 29.1 Å². The zero-order valence-electron chi connectivity index (χ0n) is 7.20. The van der Waals surface area contributed by atoms with E-state index in [1.165, 1.54) is 6.92 Å². The molecule has 0 saturated heterocycles. The lowest BCUT2D eigenvalue weighted by Gasteiger charge is -2.12. The monoisotopic (exact) mass is 174 g/mol. The van der Waals surface area contributed by atoms with Gasteiger partial charge in [-0.25, -0.2) is 0 Å². The van der Waals surface area contributed by atoms with E-state index in [1.807, 2.05) is 0 Å². The molecule has 5 heteroatoms. The number of hydrogen-bond acceptors (Lipinski definition) is 3. The van der Waals surface area contributed by atoms with Gasteiger partial charge < -0.3 is 16.2 Å². The van der Waals surface area contributed by atoms with E-state index < -0.39 is 24.0 Å². The fourth-order valence-electron chi connectivity index (χ4n) is 0.568. The van der Waals surface area contributed by atoms with Gasteiger partial charge >= 0.3 is 5.97 Å². The highest BCUT2D eigenvalue weighted by molar-refractivity contribution is 5.86. The predicted molar refractivity (Wildman–Crippen MR) is 43.5 cm³/mol. The molecular formula is C7H14N2O3. The predicted octanol–water partition coefficient (Wildman–Crippen LogP) is -0.687. The first kappa shape index (κ1) is 10.9. The number of nitrogens with one attached hydrogen (secondary N) is 1. The maximum absolute atomic E-state index is 11.0. The first-order chi connectivity index (χ1) is 5.49. The molecule has 0 fully saturated rings. The number of hydrogen-bond donors (Lipinski definition) is 3. The Labute approximate surface area is 70.9 Å². The maximum atomic E-state index is 11.0. The lowest BCUT2D eigenvalue weighted by atomic mass is 10.2. The average molecular weight is 174 g/mol. The molecular weight excluding hydrogens is 160 g/mol. The molecule has 0 aliphatic rings. The third-order valence-electron chi connectivity index (χ3n) is 1.51. The van der Waals surface area contributed by atoms with Gasteiger partial charge in [-0.1, -0.05) is 6.92 Å². The summed E-state index contributed by atoms with van der Waals surface area (Å²) >= 11 is 0. The molecule has 0 rings (SSSR count). The number of carboxylic acids is 1. The zero-order chi connectivity index (χ0) is 9.72. The van der Waals surface area contributed by atoms with Crippen LogP contribution in [0.15, 0.2) is 0 Å². The number of carboxylic acid groups (broad SMARTS) is 1. The van der Waals surface area contributed by atoms with Crippen LogP contribution in [-0.2, 0) is 9.59 Å². The average Bonchev–Trinajstić information content (AvgIpc) is 2.02. The number of rotatable bonds is 4. The summed E-state index contributed by atoms with van der Waals surface area (Å²) in [4.78, 5) is 21.3. The molecule has 12 heavy (non-hydrogen) atoms. The Morgan fingerprint density at radius 2 is 2.08 bits per heavy atom. The molecule has 70 valence electrons. The van der Waals surface area contributed by atoms with E-state index in [0.717, 1.165) is 0 Å². The van der Waals surface area contributed by atoms with Crippen LogP contribution >= 0.6 is 0 Å². The number of amides is 1. The highest BCUT2D eigenvalue weighted by atomic mass is 16.4. The minimum absolute atomic E-state index is 0.424. The molecule has 2 atom stereocenters. The van der Waals surface area contributed by atoms with E-state index in [1.54, 1.807) is 6.92 Å². The van der Waals surface area contributed by atoms with Gasteiger partial charge in [0.25, 0.3) is 0 Å². The van der Waals surface area contributed by atoms with Crippen LogP contribution in [0.2, 0.25) is 0 Å². The highest BCUT2D eigenvalue weighted by Gasteiger charge is 2.17. The van der Waals surface area contributed by atoms with Gasteiger partial charge in [0.15, 0.2) is 0 Å². The van der Waals surface area contributed by atoms with E-state index in [9.17, 15) is 9.59 Å². The summed E-state index contributed by atoms with van der Waals surface area (Å²) in [7, 11) is 0. The molecule has 0 unspecified atom stereocenters. The van der Waals surface area contributed by atoms with Crippen molar-refractivity contribution in [1.29, 1.82) is 0 Å². The normalized spacial score (nSPS) is 14.9. The molecule has 4 N–H and O–H groups in total. The van der Waals surface area contributed by atoms with Crippen LogP contribution < -0.4 is 11.1 Å². The van der Waals surface area contributed by atoms with E-state index in [4.69, 9.17) is 10.8 Å². The van der Waals surface area contributed by atoms with Crippen molar-refractivity contribution in [2.45, 2.75) is 32.4 Å². The highest BCUT2D eigenvalue weighted by Crippen LogP contribution is 1.88. The first-order valence-electron chi connectivity index (χ1n) is 3.77. The molecule has 0 saturated carbocycles. The number of carbonyl (C=O) groups excluding carboxylic acids is 1. The molecule has 0 heterocycles. The maximum Gasteiger partial charge on any atom is 0.325 e. The topological polar surface area (TPSA) is 92.4 Å². The van der Waals surface area contributed by atoms with Crippen molar-refractivity contribution < 1.29 is 14.7 Å². The fraction of sp³-hybridized carbons (Fsp3) is 0.714. The van der Waals surface area contributed by atoms with Crippen LogP contribution in [0.25, 0.3) is 0 Å². The van der Waals surface area contributed by atoms with Gasteiger partial charge in [0.05, 0.1) is 6.04 Å². The lowest BCUT2D eigenvalue weighted by Crippen LogP contribution is -2.46. The Kier molecular flexibility index (Phi) is 4.28. The number of aliphatic carboxylic acids is 1. The summed E-state index contributed by atoms with van der Waals surface area (Å²) in [6.45, 7) is 3.15. The minimum Gasteiger partial charge on any atom is -0.480 e. The molecule has 0 aromatic rings. The Hall–Kier alpha value is -1.10. The van der Waals surface area contributed by atoms with Crippen LogP contribution in [0.1, 0.15) is 20.3 Å². The van der Waals surface area contributed by atoms with E-state index >= 15 is 0 Å². The minimum atomic E-state index is -1.06. The van der Waals surface area contributed by atoms with Gasteiger partial charge in [-0.2, -0.15) is 0 Å². The third-order valence-corrected chi connectivity index (χ3v) is 1.51. The smallest absolute Gasteiger partial charge is 0.325 e. The summed E-state index contributed by atoms with van der Waals surface area (Å²) in [5.41, 5.74) is 5.36. The second kappa shape index (κ2) is 4.71. The Bertz CT molecular complexity index is 181. The second-order valence-corrected chi connectivity index (χ2v) is 2.58. The van der Waals surface area contributed by atoms with Gasteiger partial charge in [-0.05, 0) is 13.3 Å². The van der Waals surface area contributed by atoms with Crippen molar-refractivity contribution in [3.05, 3.63) is 0 Å². The number of carbonyl (C=O) groups is 2. The summed E-state index contributed by atoms with van der Waals surface area (Å²) in [6.07, 6.45) is 0.498. The van der Waals surface area contributed by atoms with E-state index in [2.05, 4.69) is 5.32 Å². The summed E-state index contributed by atoms with van der Waals surface area (Å²) in [5, 5.41) is 10.7. The van der Waals surface area contributed by atoms with Crippen LogP contribution in [0.5, 0.6) is 0 Å². The van der Waals surface area contributed by atoms with E-state index in [-0.39, 0.29) is 0 Å². The molecule has 0 aliphatic carbocycles. The third kappa shape index (κ3) is 3.34. The molecule has 1 amide bonds. The molecule has 0 bridgehead atoms.